The summed E-state index contributed by atoms with van der Waals surface area (Å²) in [6.45, 7) is 0. The Morgan fingerprint density at radius 3 is 2.43 bits per heavy atom. The molecule has 14 heavy (non-hydrogen) atoms. The van der Waals surface area contributed by atoms with E-state index in [1.54, 1.807) is 0 Å². The molecule has 1 atom stereocenters. The fraction of sp³-hybridized carbons (Fsp3) is 0.300. The fourth-order valence-electron chi connectivity index (χ4n) is 1.08. The fourth-order valence-corrected chi connectivity index (χ4v) is 1.34. The van der Waals surface area contributed by atoms with Gasteiger partial charge in [-0.2, -0.15) is 0 Å². The zero-order valence-electron chi connectivity index (χ0n) is 7.48. The SMILES string of the molecule is O=C(O)[C@H](O)CCc1ccc(Br)cc1. The molecule has 0 aromatic heterocycles. The lowest BCUT2D eigenvalue weighted by atomic mass is 10.1. The van der Waals surface area contributed by atoms with Crippen molar-refractivity contribution in [1.29, 1.82) is 0 Å². The summed E-state index contributed by atoms with van der Waals surface area (Å²) >= 11 is 3.31. The van der Waals surface area contributed by atoms with Crippen molar-refractivity contribution in [3.05, 3.63) is 34.3 Å². The number of carbonyl (C=O) groups is 1. The monoisotopic (exact) mass is 258 g/mol. The Balaban J connectivity index is 2.46. The van der Waals surface area contributed by atoms with Gasteiger partial charge in [-0.1, -0.05) is 28.1 Å². The van der Waals surface area contributed by atoms with Gasteiger partial charge in [-0.15, -0.1) is 0 Å². The summed E-state index contributed by atoms with van der Waals surface area (Å²) in [7, 11) is 0. The van der Waals surface area contributed by atoms with Gasteiger partial charge < -0.3 is 10.2 Å². The molecule has 0 saturated heterocycles. The van der Waals surface area contributed by atoms with Crippen LogP contribution >= 0.6 is 15.9 Å². The van der Waals surface area contributed by atoms with Crippen molar-refractivity contribution < 1.29 is 15.0 Å². The van der Waals surface area contributed by atoms with Crippen LogP contribution in [0.3, 0.4) is 0 Å². The highest BCUT2D eigenvalue weighted by atomic mass is 79.9. The van der Waals surface area contributed by atoms with E-state index in [0.717, 1.165) is 10.0 Å². The Labute approximate surface area is 90.5 Å². The lowest BCUT2D eigenvalue weighted by Gasteiger charge is -2.04. The van der Waals surface area contributed by atoms with E-state index < -0.39 is 12.1 Å². The number of carboxylic acid groups (broad SMARTS) is 1. The van der Waals surface area contributed by atoms with E-state index in [0.29, 0.717) is 6.42 Å². The van der Waals surface area contributed by atoms with Gasteiger partial charge in [0, 0.05) is 4.47 Å². The number of aliphatic carboxylic acids is 1. The molecule has 0 amide bonds. The quantitative estimate of drug-likeness (QED) is 0.867. The molecule has 0 aliphatic heterocycles. The molecule has 1 aromatic carbocycles. The number of rotatable bonds is 4. The van der Waals surface area contributed by atoms with E-state index in [-0.39, 0.29) is 6.42 Å². The third-order valence-corrected chi connectivity index (χ3v) is 2.43. The first-order chi connectivity index (χ1) is 6.59. The first-order valence-electron chi connectivity index (χ1n) is 4.25. The minimum Gasteiger partial charge on any atom is -0.479 e. The molecule has 0 radical (unpaired) electrons. The average Bonchev–Trinajstić information content (AvgIpc) is 2.16. The summed E-state index contributed by atoms with van der Waals surface area (Å²) < 4.78 is 0.986. The van der Waals surface area contributed by atoms with Crippen LogP contribution in [0, 0.1) is 0 Å². The molecule has 3 nitrogen and oxygen atoms in total. The van der Waals surface area contributed by atoms with Crippen LogP contribution in [0.4, 0.5) is 0 Å². The summed E-state index contributed by atoms with van der Waals surface area (Å²) in [6.07, 6.45) is -0.448. The average molecular weight is 259 g/mol. The second-order valence-corrected chi connectivity index (χ2v) is 3.93. The van der Waals surface area contributed by atoms with Crippen LogP contribution in [-0.2, 0) is 11.2 Å². The number of hydrogen-bond acceptors (Lipinski definition) is 2. The number of benzene rings is 1. The van der Waals surface area contributed by atoms with Crippen LogP contribution in [0.1, 0.15) is 12.0 Å². The van der Waals surface area contributed by atoms with Gasteiger partial charge in [-0.3, -0.25) is 0 Å². The molecule has 0 aliphatic rings. The van der Waals surface area contributed by atoms with E-state index in [1.165, 1.54) is 0 Å². The third kappa shape index (κ3) is 3.47. The van der Waals surface area contributed by atoms with Crippen molar-refractivity contribution in [3.8, 4) is 0 Å². The second kappa shape index (κ2) is 5.12. The highest BCUT2D eigenvalue weighted by Crippen LogP contribution is 2.12. The Bertz CT molecular complexity index is 308. The first kappa shape index (κ1) is 11.2. The highest BCUT2D eigenvalue weighted by molar-refractivity contribution is 9.10. The molecule has 0 aliphatic carbocycles. The zero-order chi connectivity index (χ0) is 10.6. The van der Waals surface area contributed by atoms with Crippen LogP contribution in [0.15, 0.2) is 28.7 Å². The van der Waals surface area contributed by atoms with Gasteiger partial charge in [0.15, 0.2) is 6.10 Å². The van der Waals surface area contributed by atoms with E-state index in [9.17, 15) is 4.79 Å². The smallest absolute Gasteiger partial charge is 0.332 e. The van der Waals surface area contributed by atoms with E-state index >= 15 is 0 Å². The van der Waals surface area contributed by atoms with E-state index in [4.69, 9.17) is 10.2 Å². The standard InChI is InChI=1S/C10H11BrO3/c11-8-4-1-7(2-5-8)3-6-9(12)10(13)14/h1-2,4-5,9,12H,3,6H2,(H,13,14)/t9-/m1/s1. The second-order valence-electron chi connectivity index (χ2n) is 3.02. The molecule has 2 N–H and O–H groups in total. The molecule has 0 heterocycles. The van der Waals surface area contributed by atoms with Crippen molar-refractivity contribution in [1.82, 2.24) is 0 Å². The summed E-state index contributed by atoms with van der Waals surface area (Å²) in [4.78, 5) is 10.3. The summed E-state index contributed by atoms with van der Waals surface area (Å²) in [5.74, 6) is -1.16. The van der Waals surface area contributed by atoms with E-state index in [1.807, 2.05) is 24.3 Å². The molecule has 0 saturated carbocycles. The predicted molar refractivity (Wildman–Crippen MR) is 56.1 cm³/mol. The van der Waals surface area contributed by atoms with Crippen LogP contribution in [0.2, 0.25) is 0 Å². The van der Waals surface area contributed by atoms with Gasteiger partial charge in [-0.25, -0.2) is 4.79 Å². The maximum absolute atomic E-state index is 10.3. The van der Waals surface area contributed by atoms with Crippen molar-refractivity contribution in [2.45, 2.75) is 18.9 Å². The molecule has 0 fully saturated rings. The van der Waals surface area contributed by atoms with Crippen molar-refractivity contribution in [2.24, 2.45) is 0 Å². The van der Waals surface area contributed by atoms with Crippen molar-refractivity contribution >= 4 is 21.9 Å². The highest BCUT2D eigenvalue weighted by Gasteiger charge is 2.12. The minimum absolute atomic E-state index is 0.247. The maximum Gasteiger partial charge on any atom is 0.332 e. The third-order valence-electron chi connectivity index (χ3n) is 1.90. The predicted octanol–water partition coefficient (Wildman–Crippen LogP) is 1.83. The largest absolute Gasteiger partial charge is 0.479 e. The lowest BCUT2D eigenvalue weighted by molar-refractivity contribution is -0.146. The van der Waals surface area contributed by atoms with Gasteiger partial charge >= 0.3 is 5.97 Å². The Kier molecular flexibility index (Phi) is 4.10. The van der Waals surface area contributed by atoms with Gasteiger partial charge in [0.2, 0.25) is 0 Å². The normalized spacial score (nSPS) is 12.4. The topological polar surface area (TPSA) is 57.5 Å². The van der Waals surface area contributed by atoms with Gasteiger partial charge in [0.05, 0.1) is 0 Å². The molecule has 4 heteroatoms. The molecule has 0 unspecified atom stereocenters. The molecule has 1 rings (SSSR count). The van der Waals surface area contributed by atoms with E-state index in [2.05, 4.69) is 15.9 Å². The molecular weight excluding hydrogens is 248 g/mol. The molecule has 76 valence electrons. The first-order valence-corrected chi connectivity index (χ1v) is 5.04. The number of aliphatic hydroxyl groups excluding tert-OH is 1. The van der Waals surface area contributed by atoms with Crippen LogP contribution in [0.25, 0.3) is 0 Å². The number of hydrogen-bond donors (Lipinski definition) is 2. The molecular formula is C10H11BrO3. The van der Waals surface area contributed by atoms with Crippen LogP contribution in [-0.4, -0.2) is 22.3 Å². The lowest BCUT2D eigenvalue weighted by Crippen LogP contribution is -2.19. The summed E-state index contributed by atoms with van der Waals surface area (Å²) in [5, 5.41) is 17.5. The number of aliphatic hydroxyl groups is 1. The Morgan fingerprint density at radius 1 is 1.36 bits per heavy atom. The number of aryl methyl sites for hydroxylation is 1. The molecule has 0 bridgehead atoms. The van der Waals surface area contributed by atoms with Crippen LogP contribution in [0.5, 0.6) is 0 Å². The van der Waals surface area contributed by atoms with Crippen molar-refractivity contribution in [3.63, 3.8) is 0 Å². The number of carboxylic acids is 1. The van der Waals surface area contributed by atoms with Crippen molar-refractivity contribution in [2.75, 3.05) is 0 Å². The summed E-state index contributed by atoms with van der Waals surface area (Å²) in [5.41, 5.74) is 1.02. The Morgan fingerprint density at radius 2 is 1.93 bits per heavy atom. The minimum atomic E-state index is -1.27. The molecule has 1 aromatic rings. The summed E-state index contributed by atoms with van der Waals surface area (Å²) in [6, 6.07) is 7.59. The number of halogens is 1. The van der Waals surface area contributed by atoms with Crippen LogP contribution < -0.4 is 0 Å². The van der Waals surface area contributed by atoms with Gasteiger partial charge in [-0.05, 0) is 30.5 Å². The maximum atomic E-state index is 10.3. The molecule has 0 spiro atoms. The zero-order valence-corrected chi connectivity index (χ0v) is 9.07. The van der Waals surface area contributed by atoms with Gasteiger partial charge in [0.25, 0.3) is 0 Å². The van der Waals surface area contributed by atoms with Gasteiger partial charge in [0.1, 0.15) is 0 Å². The Hall–Kier alpha value is -0.870.